The quantitative estimate of drug-likeness (QED) is 0.0211. The monoisotopic (exact) mass is 1120 g/mol. The number of phosphoric acid groups is 1. The molecule has 0 fully saturated rings. The predicted molar refractivity (Wildman–Crippen MR) is 339 cm³/mol. The Morgan fingerprint density at radius 1 is 0.405 bits per heavy atom. The Kier molecular flexibility index (Phi) is 57.2. The number of likely N-dealkylation sites (N-methyl/N-ethyl adjacent to an activating group) is 1. The summed E-state index contributed by atoms with van der Waals surface area (Å²) in [5.74, 6) is -0.801. The second kappa shape index (κ2) is 59.5. The molecule has 0 radical (unpaired) electrons. The molecular weight excluding hydrogens is 1000 g/mol. The average molecular weight is 1130 g/mol. The Balaban J connectivity index is 3.94. The van der Waals surface area contributed by atoms with Gasteiger partial charge in [0.05, 0.1) is 27.7 Å². The minimum atomic E-state index is -4.39. The van der Waals surface area contributed by atoms with Crippen molar-refractivity contribution in [2.75, 3.05) is 47.5 Å². The Morgan fingerprint density at radius 3 is 1.09 bits per heavy atom. The van der Waals surface area contributed by atoms with Crippen LogP contribution in [0.4, 0.5) is 0 Å². The van der Waals surface area contributed by atoms with Crippen LogP contribution in [0.15, 0.2) is 97.2 Å². The molecule has 9 nitrogen and oxygen atoms in total. The number of quaternary nitrogens is 1. The molecule has 0 aliphatic rings. The number of hydrogen-bond acceptors (Lipinski definition) is 7. The van der Waals surface area contributed by atoms with Gasteiger partial charge in [-0.15, -0.1) is 0 Å². The molecule has 0 amide bonds. The maximum atomic E-state index is 12.8. The van der Waals surface area contributed by atoms with E-state index in [1.807, 2.05) is 21.1 Å². The third kappa shape index (κ3) is 64.0. The maximum Gasteiger partial charge on any atom is 0.472 e. The van der Waals surface area contributed by atoms with Crippen LogP contribution in [0.3, 0.4) is 0 Å². The van der Waals surface area contributed by atoms with E-state index in [1.165, 1.54) is 148 Å². The van der Waals surface area contributed by atoms with Gasteiger partial charge in [0.2, 0.25) is 0 Å². The van der Waals surface area contributed by atoms with E-state index in [9.17, 15) is 19.0 Å². The topological polar surface area (TPSA) is 108 Å². The van der Waals surface area contributed by atoms with Gasteiger partial charge in [0, 0.05) is 12.8 Å². The highest BCUT2D eigenvalue weighted by molar-refractivity contribution is 7.47. The number of nitrogens with zero attached hydrogens (tertiary/aromatic N) is 1. The van der Waals surface area contributed by atoms with Crippen molar-refractivity contribution >= 4 is 19.8 Å². The second-order valence-corrected chi connectivity index (χ2v) is 24.2. The van der Waals surface area contributed by atoms with Crippen molar-refractivity contribution in [1.82, 2.24) is 0 Å². The molecule has 0 aromatic rings. The van der Waals surface area contributed by atoms with Crippen LogP contribution in [-0.2, 0) is 32.7 Å². The number of ether oxygens (including phenoxy) is 2. The lowest BCUT2D eigenvalue weighted by molar-refractivity contribution is -0.870. The minimum absolute atomic E-state index is 0.0293. The molecule has 10 heteroatoms. The summed E-state index contributed by atoms with van der Waals surface area (Å²) in [6, 6.07) is 0. The largest absolute Gasteiger partial charge is 0.472 e. The lowest BCUT2D eigenvalue weighted by Crippen LogP contribution is -2.37. The Morgan fingerprint density at radius 2 is 0.722 bits per heavy atom. The van der Waals surface area contributed by atoms with E-state index in [0.717, 1.165) is 96.3 Å². The molecule has 0 saturated carbocycles. The zero-order valence-electron chi connectivity index (χ0n) is 51.8. The standard InChI is InChI=1S/C69H122NO8P/c1-6-8-10-12-14-16-18-20-22-23-24-25-26-27-28-29-30-31-32-33-34-35-36-37-38-39-40-41-42-43-44-45-46-47-48-50-52-54-56-58-60-62-69(72)78-67(66-77-79(73,74)76-64-63-70(3,4)5)65-75-68(71)61-59-57-55-53-51-49-21-19-17-15-13-11-9-7-2/h8,10,14,16,19-22,24-25,27-28,30-31,33-34,67H,6-7,9,11-13,15,17-18,23,26,29,32,35-66H2,1-5H3/p+1/b10-8-,16-14-,21-19-,22-20-,25-24-,28-27-,31-30-,34-33-. The first-order valence-corrected chi connectivity index (χ1v) is 34.0. The highest BCUT2D eigenvalue weighted by Gasteiger charge is 2.27. The third-order valence-electron chi connectivity index (χ3n) is 13.8. The molecular formula is C69H123NO8P+. The fraction of sp³-hybridized carbons (Fsp3) is 0.739. The fourth-order valence-electron chi connectivity index (χ4n) is 8.87. The van der Waals surface area contributed by atoms with Crippen LogP contribution in [0.25, 0.3) is 0 Å². The van der Waals surface area contributed by atoms with E-state index in [0.29, 0.717) is 17.4 Å². The molecule has 79 heavy (non-hydrogen) atoms. The van der Waals surface area contributed by atoms with Gasteiger partial charge in [0.25, 0.3) is 0 Å². The number of rotatable bonds is 59. The normalized spacial score (nSPS) is 13.8. The summed E-state index contributed by atoms with van der Waals surface area (Å²) < 4.78 is 34.6. The highest BCUT2D eigenvalue weighted by Crippen LogP contribution is 2.43. The Hall–Kier alpha value is -3.07. The van der Waals surface area contributed by atoms with Crippen LogP contribution < -0.4 is 0 Å². The molecule has 0 aromatic carbocycles. The van der Waals surface area contributed by atoms with E-state index in [4.69, 9.17) is 18.5 Å². The predicted octanol–water partition coefficient (Wildman–Crippen LogP) is 20.8. The van der Waals surface area contributed by atoms with E-state index in [-0.39, 0.29) is 32.0 Å². The van der Waals surface area contributed by atoms with Gasteiger partial charge in [-0.25, -0.2) is 4.57 Å². The number of phosphoric ester groups is 1. The van der Waals surface area contributed by atoms with Crippen LogP contribution in [0.2, 0.25) is 0 Å². The number of hydrogen-bond donors (Lipinski definition) is 1. The first-order valence-electron chi connectivity index (χ1n) is 32.5. The fourth-order valence-corrected chi connectivity index (χ4v) is 9.62. The van der Waals surface area contributed by atoms with E-state index in [2.05, 4.69) is 111 Å². The van der Waals surface area contributed by atoms with Gasteiger partial charge in [-0.3, -0.25) is 18.6 Å². The van der Waals surface area contributed by atoms with Crippen LogP contribution in [0.1, 0.15) is 277 Å². The lowest BCUT2D eigenvalue weighted by Gasteiger charge is -2.24. The van der Waals surface area contributed by atoms with Gasteiger partial charge in [-0.05, 0) is 96.3 Å². The molecule has 0 aromatic heterocycles. The van der Waals surface area contributed by atoms with E-state index in [1.54, 1.807) is 0 Å². The van der Waals surface area contributed by atoms with Gasteiger partial charge in [0.1, 0.15) is 19.8 Å². The maximum absolute atomic E-state index is 12.8. The summed E-state index contributed by atoms with van der Waals surface area (Å²) in [5.41, 5.74) is 0. The molecule has 0 aliphatic carbocycles. The van der Waals surface area contributed by atoms with Gasteiger partial charge in [0.15, 0.2) is 6.10 Å². The van der Waals surface area contributed by atoms with Gasteiger partial charge >= 0.3 is 19.8 Å². The zero-order valence-corrected chi connectivity index (χ0v) is 52.7. The average Bonchev–Trinajstić information content (AvgIpc) is 3.41. The molecule has 0 spiro atoms. The number of carbonyl (C=O) groups excluding carboxylic acids is 2. The molecule has 0 saturated heterocycles. The molecule has 0 bridgehead atoms. The molecule has 0 aliphatic heterocycles. The molecule has 2 atom stereocenters. The van der Waals surface area contributed by atoms with Crippen molar-refractivity contribution in [3.63, 3.8) is 0 Å². The molecule has 0 heterocycles. The van der Waals surface area contributed by atoms with Crippen LogP contribution in [0.5, 0.6) is 0 Å². The van der Waals surface area contributed by atoms with Crippen molar-refractivity contribution < 1.29 is 42.1 Å². The van der Waals surface area contributed by atoms with Gasteiger partial charge in [-0.1, -0.05) is 265 Å². The summed E-state index contributed by atoms with van der Waals surface area (Å²) in [4.78, 5) is 35.7. The van der Waals surface area contributed by atoms with Crippen molar-refractivity contribution in [1.29, 1.82) is 0 Å². The smallest absolute Gasteiger partial charge is 0.462 e. The summed E-state index contributed by atoms with van der Waals surface area (Å²) >= 11 is 0. The summed E-state index contributed by atoms with van der Waals surface area (Å²) in [6.45, 7) is 4.31. The number of carbonyl (C=O) groups is 2. The van der Waals surface area contributed by atoms with Crippen LogP contribution in [0, 0.1) is 0 Å². The van der Waals surface area contributed by atoms with Crippen molar-refractivity contribution in [3.05, 3.63) is 97.2 Å². The summed E-state index contributed by atoms with van der Waals surface area (Å²) in [6.07, 6.45) is 82.2. The molecule has 1 N–H and O–H groups in total. The Labute approximate surface area is 487 Å². The molecule has 2 unspecified atom stereocenters. The number of allylic oxidation sites excluding steroid dienone is 16. The van der Waals surface area contributed by atoms with E-state index >= 15 is 0 Å². The summed E-state index contributed by atoms with van der Waals surface area (Å²) in [5, 5.41) is 0. The Bertz CT molecular complexity index is 1650. The summed E-state index contributed by atoms with van der Waals surface area (Å²) in [7, 11) is 1.48. The third-order valence-corrected chi connectivity index (χ3v) is 14.8. The first kappa shape index (κ1) is 75.9. The molecule has 456 valence electrons. The SMILES string of the molecule is CC/C=C\C/C=C\C/C=C\C/C=C\C/C=C\C/C=C\C/C=C\CCCCCCCCCCCCCCCCCCCCCC(=O)OC(COC(=O)CCCCCCC/C=C\CCCCCCC)COP(=O)(O)OCC[N+](C)(C)C. The molecule has 0 rings (SSSR count). The number of esters is 2. The lowest BCUT2D eigenvalue weighted by atomic mass is 10.0. The van der Waals surface area contributed by atoms with Crippen molar-refractivity contribution in [2.24, 2.45) is 0 Å². The number of unbranched alkanes of at least 4 members (excludes halogenated alkanes) is 29. The second-order valence-electron chi connectivity index (χ2n) is 22.8. The zero-order chi connectivity index (χ0) is 57.7. The van der Waals surface area contributed by atoms with Crippen LogP contribution >= 0.6 is 7.82 Å². The van der Waals surface area contributed by atoms with Gasteiger partial charge in [-0.2, -0.15) is 0 Å². The van der Waals surface area contributed by atoms with Crippen LogP contribution in [-0.4, -0.2) is 74.9 Å². The minimum Gasteiger partial charge on any atom is -0.462 e. The highest BCUT2D eigenvalue weighted by atomic mass is 31.2. The van der Waals surface area contributed by atoms with Gasteiger partial charge < -0.3 is 18.9 Å². The van der Waals surface area contributed by atoms with Crippen molar-refractivity contribution in [3.8, 4) is 0 Å². The van der Waals surface area contributed by atoms with Crippen molar-refractivity contribution in [2.45, 2.75) is 283 Å². The first-order chi connectivity index (χ1) is 38.5. The van der Waals surface area contributed by atoms with E-state index < -0.39 is 26.5 Å².